The predicted molar refractivity (Wildman–Crippen MR) is 143 cm³/mol. The molecule has 1 fully saturated rings. The molecular formula is C28H44N4O5. The van der Waals surface area contributed by atoms with E-state index in [1.54, 1.807) is 24.3 Å². The fraction of sp³-hybridized carbons (Fsp3) is 0.643. The van der Waals surface area contributed by atoms with Crippen molar-refractivity contribution in [2.24, 2.45) is 17.8 Å². The molecule has 206 valence electrons. The average Bonchev–Trinajstić information content (AvgIpc) is 2.86. The molecule has 1 aliphatic heterocycles. The van der Waals surface area contributed by atoms with Crippen LogP contribution in [0.25, 0.3) is 0 Å². The van der Waals surface area contributed by atoms with Crippen LogP contribution < -0.4 is 16.0 Å². The van der Waals surface area contributed by atoms with Crippen molar-refractivity contribution in [1.29, 1.82) is 0 Å². The molecule has 1 aromatic rings. The van der Waals surface area contributed by atoms with Crippen molar-refractivity contribution in [2.45, 2.75) is 85.4 Å². The Bertz CT molecular complexity index is 918. The first-order valence-corrected chi connectivity index (χ1v) is 13.4. The van der Waals surface area contributed by atoms with E-state index in [-0.39, 0.29) is 42.8 Å². The van der Waals surface area contributed by atoms with E-state index in [0.717, 1.165) is 18.4 Å². The quantitative estimate of drug-likeness (QED) is 0.300. The van der Waals surface area contributed by atoms with Crippen LogP contribution in [0, 0.1) is 17.8 Å². The van der Waals surface area contributed by atoms with Gasteiger partial charge in [0.15, 0.2) is 0 Å². The maximum Gasteiger partial charge on any atom is 0.243 e. The second-order valence-electron chi connectivity index (χ2n) is 10.6. The maximum absolute atomic E-state index is 12.7. The molecule has 2 rings (SSSR count). The minimum Gasteiger partial charge on any atom is -0.392 e. The van der Waals surface area contributed by atoms with Crippen LogP contribution in [0.2, 0.25) is 0 Å². The summed E-state index contributed by atoms with van der Waals surface area (Å²) < 4.78 is 0. The molecule has 0 bridgehead atoms. The van der Waals surface area contributed by atoms with Crippen molar-refractivity contribution in [2.75, 3.05) is 18.4 Å². The van der Waals surface area contributed by atoms with E-state index in [1.807, 2.05) is 18.7 Å². The second-order valence-corrected chi connectivity index (χ2v) is 10.6. The summed E-state index contributed by atoms with van der Waals surface area (Å²) >= 11 is 0. The Morgan fingerprint density at radius 1 is 1.03 bits per heavy atom. The van der Waals surface area contributed by atoms with Crippen LogP contribution in [0.1, 0.15) is 72.3 Å². The fourth-order valence-electron chi connectivity index (χ4n) is 4.59. The van der Waals surface area contributed by atoms with Gasteiger partial charge in [0.25, 0.3) is 0 Å². The Hall–Kier alpha value is -2.94. The van der Waals surface area contributed by atoms with Gasteiger partial charge in [-0.1, -0.05) is 46.2 Å². The van der Waals surface area contributed by atoms with E-state index in [9.17, 15) is 19.2 Å². The highest BCUT2D eigenvalue weighted by Gasteiger charge is 2.34. The summed E-state index contributed by atoms with van der Waals surface area (Å²) in [5.41, 5.74) is 1.30. The molecule has 0 spiro atoms. The predicted octanol–water partition coefficient (Wildman–Crippen LogP) is 2.83. The van der Waals surface area contributed by atoms with Gasteiger partial charge in [0.05, 0.1) is 13.2 Å². The third-order valence-electron chi connectivity index (χ3n) is 7.38. The van der Waals surface area contributed by atoms with Gasteiger partial charge in [-0.2, -0.15) is 0 Å². The minimum absolute atomic E-state index is 0.0791. The molecule has 0 aliphatic carbocycles. The van der Waals surface area contributed by atoms with E-state index in [0.29, 0.717) is 43.3 Å². The highest BCUT2D eigenvalue weighted by molar-refractivity contribution is 5.96. The molecular weight excluding hydrogens is 472 g/mol. The Balaban J connectivity index is 1.70. The van der Waals surface area contributed by atoms with Crippen molar-refractivity contribution in [3.63, 3.8) is 0 Å². The summed E-state index contributed by atoms with van der Waals surface area (Å²) in [6.45, 7) is 10.5. The summed E-state index contributed by atoms with van der Waals surface area (Å²) in [6, 6.07) is 6.25. The number of piperidine rings is 1. The van der Waals surface area contributed by atoms with E-state index in [1.165, 1.54) is 0 Å². The number of aliphatic hydroxyl groups is 1. The van der Waals surface area contributed by atoms with Crippen molar-refractivity contribution in [3.05, 3.63) is 29.8 Å². The molecule has 4 atom stereocenters. The van der Waals surface area contributed by atoms with Crippen LogP contribution in [0.15, 0.2) is 24.3 Å². The molecule has 1 saturated heterocycles. The van der Waals surface area contributed by atoms with E-state index in [2.05, 4.69) is 36.7 Å². The normalized spacial score (nSPS) is 20.5. The number of rotatable bonds is 13. The summed E-state index contributed by atoms with van der Waals surface area (Å²) in [4.78, 5) is 51.7. The van der Waals surface area contributed by atoms with Gasteiger partial charge in [-0.05, 0) is 55.2 Å². The van der Waals surface area contributed by atoms with Gasteiger partial charge >= 0.3 is 0 Å². The number of likely N-dealkylation sites (tertiary alicyclic amines) is 1. The number of hydrogen-bond donors (Lipinski definition) is 4. The maximum atomic E-state index is 12.7. The van der Waals surface area contributed by atoms with Gasteiger partial charge in [-0.3, -0.25) is 19.2 Å². The molecule has 0 aromatic heterocycles. The summed E-state index contributed by atoms with van der Waals surface area (Å²) in [7, 11) is 0. The molecule has 1 aromatic carbocycles. The summed E-state index contributed by atoms with van der Waals surface area (Å²) in [5.74, 6) is -0.0322. The number of aliphatic hydroxyl groups excluding tert-OH is 1. The van der Waals surface area contributed by atoms with Crippen LogP contribution in [0.5, 0.6) is 0 Å². The number of nitrogens with zero attached hydrogens (tertiary/aromatic N) is 1. The number of carbonyl (C=O) groups excluding carboxylic acids is 4. The molecule has 1 aliphatic rings. The number of carbonyl (C=O) groups is 4. The highest BCUT2D eigenvalue weighted by atomic mass is 16.3. The lowest BCUT2D eigenvalue weighted by molar-refractivity contribution is -0.140. The summed E-state index contributed by atoms with van der Waals surface area (Å²) in [5, 5.41) is 17.2. The third kappa shape index (κ3) is 9.46. The van der Waals surface area contributed by atoms with Gasteiger partial charge in [0.1, 0.15) is 6.04 Å². The van der Waals surface area contributed by atoms with Crippen molar-refractivity contribution >= 4 is 29.3 Å². The number of nitrogens with one attached hydrogen (secondary N) is 3. The minimum atomic E-state index is -0.737. The Labute approximate surface area is 220 Å². The number of unbranched alkanes of at least 4 members (excludes halogenated alkanes) is 2. The fourth-order valence-corrected chi connectivity index (χ4v) is 4.59. The van der Waals surface area contributed by atoms with Crippen LogP contribution in [-0.4, -0.2) is 58.8 Å². The Morgan fingerprint density at radius 2 is 1.70 bits per heavy atom. The lowest BCUT2D eigenvalue weighted by Crippen LogP contribution is -2.51. The average molecular weight is 517 g/mol. The number of hydrogen-bond acceptors (Lipinski definition) is 5. The van der Waals surface area contributed by atoms with Crippen molar-refractivity contribution in [3.8, 4) is 0 Å². The number of amides is 4. The zero-order valence-corrected chi connectivity index (χ0v) is 22.9. The van der Waals surface area contributed by atoms with Gasteiger partial charge in [-0.15, -0.1) is 0 Å². The SMILES string of the molecule is CC(C)C(NC(=O)CCCCCN1C(=O)CC(C)C(C)C1C)C(=O)NCC(=O)Nc1ccc(CO)cc1. The largest absolute Gasteiger partial charge is 0.392 e. The van der Waals surface area contributed by atoms with Crippen LogP contribution in [-0.2, 0) is 25.8 Å². The first-order valence-electron chi connectivity index (χ1n) is 13.4. The van der Waals surface area contributed by atoms with Crippen molar-refractivity contribution < 1.29 is 24.3 Å². The van der Waals surface area contributed by atoms with Gasteiger partial charge in [-0.25, -0.2) is 0 Å². The second kappa shape index (κ2) is 14.7. The highest BCUT2D eigenvalue weighted by Crippen LogP contribution is 2.29. The van der Waals surface area contributed by atoms with E-state index < -0.39 is 11.9 Å². The molecule has 4 N–H and O–H groups in total. The number of anilines is 1. The molecule has 1 heterocycles. The Kier molecular flexibility index (Phi) is 12.0. The van der Waals surface area contributed by atoms with E-state index >= 15 is 0 Å². The van der Waals surface area contributed by atoms with Gasteiger partial charge in [0.2, 0.25) is 23.6 Å². The lowest BCUT2D eigenvalue weighted by atomic mass is 9.82. The van der Waals surface area contributed by atoms with Gasteiger partial charge < -0.3 is 26.0 Å². The van der Waals surface area contributed by atoms with Crippen LogP contribution >= 0.6 is 0 Å². The molecule has 0 radical (unpaired) electrons. The van der Waals surface area contributed by atoms with Crippen LogP contribution in [0.3, 0.4) is 0 Å². The standard InChI is InChI=1S/C28H44N4O5/c1-18(2)27(28(37)29-16-25(35)30-23-12-10-22(17-33)11-13-23)31-24(34)9-7-6-8-14-32-21(5)20(4)19(3)15-26(32)36/h10-13,18-21,27,33H,6-9,14-17H2,1-5H3,(H,29,37)(H,30,35)(H,31,34). The molecule has 9 nitrogen and oxygen atoms in total. The zero-order chi connectivity index (χ0) is 27.5. The topological polar surface area (TPSA) is 128 Å². The van der Waals surface area contributed by atoms with Crippen LogP contribution in [0.4, 0.5) is 5.69 Å². The number of benzene rings is 1. The molecule has 37 heavy (non-hydrogen) atoms. The van der Waals surface area contributed by atoms with Crippen molar-refractivity contribution in [1.82, 2.24) is 15.5 Å². The molecule has 4 amide bonds. The first-order chi connectivity index (χ1) is 17.5. The molecule has 0 saturated carbocycles. The van der Waals surface area contributed by atoms with Gasteiger partial charge in [0, 0.05) is 31.1 Å². The van der Waals surface area contributed by atoms with E-state index in [4.69, 9.17) is 5.11 Å². The molecule has 9 heteroatoms. The summed E-state index contributed by atoms with van der Waals surface area (Å²) in [6.07, 6.45) is 3.25. The first kappa shape index (κ1) is 30.3. The lowest BCUT2D eigenvalue weighted by Gasteiger charge is -2.41. The third-order valence-corrected chi connectivity index (χ3v) is 7.38. The molecule has 4 unspecified atom stereocenters. The zero-order valence-electron chi connectivity index (χ0n) is 22.9. The Morgan fingerprint density at radius 3 is 2.32 bits per heavy atom. The monoisotopic (exact) mass is 516 g/mol. The smallest absolute Gasteiger partial charge is 0.243 e.